The zero-order valence-corrected chi connectivity index (χ0v) is 19.0. The molecule has 0 atom stereocenters. The molecule has 1 aromatic heterocycles. The molecule has 9 heteroatoms. The highest BCUT2D eigenvalue weighted by atomic mass is 79.9. The summed E-state index contributed by atoms with van der Waals surface area (Å²) in [4.78, 5) is 25.8. The van der Waals surface area contributed by atoms with Crippen molar-refractivity contribution in [3.05, 3.63) is 58.0 Å². The molecule has 0 unspecified atom stereocenters. The van der Waals surface area contributed by atoms with Crippen LogP contribution in [0.3, 0.4) is 0 Å². The Labute approximate surface area is 191 Å². The molecule has 0 radical (unpaired) electrons. The van der Waals surface area contributed by atoms with Crippen molar-refractivity contribution in [2.45, 2.75) is 32.6 Å². The number of hydrogen-bond acceptors (Lipinski definition) is 4. The molecule has 0 saturated heterocycles. The number of anilines is 2. The number of nitrogens with two attached hydrogens (primary N) is 1. The van der Waals surface area contributed by atoms with Gasteiger partial charge in [0.25, 0.3) is 0 Å². The number of nitrogen functional groups attached to an aromatic ring is 1. The summed E-state index contributed by atoms with van der Waals surface area (Å²) >= 11 is 3.37. The van der Waals surface area contributed by atoms with Gasteiger partial charge in [0.1, 0.15) is 17.4 Å². The average Bonchev–Trinajstić information content (AvgIpc) is 2.74. The molecule has 3 aromatic rings. The summed E-state index contributed by atoms with van der Waals surface area (Å²) in [5, 5.41) is 0.501. The fourth-order valence-electron chi connectivity index (χ4n) is 3.48. The Hall–Kier alpha value is -2.81. The smallest absolute Gasteiger partial charge is 0.223 e. The maximum Gasteiger partial charge on any atom is 0.223 e. The van der Waals surface area contributed by atoms with E-state index < -0.39 is 39.5 Å². The number of halogens is 4. The molecule has 170 valence electrons. The summed E-state index contributed by atoms with van der Waals surface area (Å²) in [6.45, 7) is 1.73. The van der Waals surface area contributed by atoms with Crippen LogP contribution in [0, 0.1) is 17.5 Å². The van der Waals surface area contributed by atoms with Crippen LogP contribution in [0.5, 0.6) is 0 Å². The fourth-order valence-corrected chi connectivity index (χ4v) is 3.87. The summed E-state index contributed by atoms with van der Waals surface area (Å²) in [5.74, 6) is -3.26. The minimum absolute atomic E-state index is 0.0994. The quantitative estimate of drug-likeness (QED) is 0.237. The van der Waals surface area contributed by atoms with Crippen molar-refractivity contribution in [1.29, 1.82) is 0 Å². The van der Waals surface area contributed by atoms with Gasteiger partial charge in [0, 0.05) is 36.5 Å². The van der Waals surface area contributed by atoms with E-state index in [1.165, 1.54) is 24.0 Å². The predicted octanol–water partition coefficient (Wildman–Crippen LogP) is 5.77. The van der Waals surface area contributed by atoms with Crippen LogP contribution in [0.15, 0.2) is 39.5 Å². The van der Waals surface area contributed by atoms with Crippen LogP contribution < -0.4 is 16.1 Å². The third-order valence-electron chi connectivity index (χ3n) is 5.11. The lowest BCUT2D eigenvalue weighted by atomic mass is 10.1. The lowest BCUT2D eigenvalue weighted by molar-refractivity contribution is -0.116. The second-order valence-electron chi connectivity index (χ2n) is 7.37. The minimum Gasteiger partial charge on any atom is -0.453 e. The first kappa shape index (κ1) is 23.8. The van der Waals surface area contributed by atoms with Gasteiger partial charge in [-0.2, -0.15) is 0 Å². The van der Waals surface area contributed by atoms with Crippen LogP contribution in [-0.2, 0) is 4.79 Å². The SMILES string of the molecule is CC(=O)N(CCCCCCBr)c1ccc(-c2cc(=O)c3c(N)c(F)cc(F)c3o2)cc1F. The standard InChI is InChI=1S/C23H22BrF3N2O3/c1-13(30)29(9-5-3-2-4-8-24)18-7-6-14(10-15(18)25)20-12-19(31)21-22(28)16(26)11-17(27)23(21)32-20/h6-7,10-12H,2-5,8-9,28H2,1H3. The minimum atomic E-state index is -1.09. The van der Waals surface area contributed by atoms with Gasteiger partial charge >= 0.3 is 0 Å². The van der Waals surface area contributed by atoms with E-state index in [4.69, 9.17) is 10.2 Å². The van der Waals surface area contributed by atoms with Gasteiger partial charge in [0.15, 0.2) is 16.8 Å². The third-order valence-corrected chi connectivity index (χ3v) is 5.67. The lowest BCUT2D eigenvalue weighted by Crippen LogP contribution is -2.30. The number of fused-ring (bicyclic) bond motifs is 1. The number of unbranched alkanes of at least 4 members (excludes halogenated alkanes) is 3. The molecule has 0 saturated carbocycles. The average molecular weight is 511 g/mol. The highest BCUT2D eigenvalue weighted by molar-refractivity contribution is 9.09. The molecular weight excluding hydrogens is 489 g/mol. The van der Waals surface area contributed by atoms with E-state index in [1.54, 1.807) is 0 Å². The van der Waals surface area contributed by atoms with Gasteiger partial charge in [-0.1, -0.05) is 28.8 Å². The third kappa shape index (κ3) is 4.98. The van der Waals surface area contributed by atoms with Crippen LogP contribution in [-0.4, -0.2) is 17.8 Å². The molecule has 0 aliphatic rings. The van der Waals surface area contributed by atoms with Crippen LogP contribution in [0.4, 0.5) is 24.5 Å². The molecule has 2 aromatic carbocycles. The molecule has 0 bridgehead atoms. The number of alkyl halides is 1. The molecule has 0 spiro atoms. The van der Waals surface area contributed by atoms with Gasteiger partial charge < -0.3 is 15.1 Å². The van der Waals surface area contributed by atoms with Crippen molar-refractivity contribution in [1.82, 2.24) is 0 Å². The first-order chi connectivity index (χ1) is 15.2. The van der Waals surface area contributed by atoms with E-state index in [0.29, 0.717) is 12.6 Å². The molecular formula is C23H22BrF3N2O3. The molecule has 5 nitrogen and oxygen atoms in total. The van der Waals surface area contributed by atoms with Crippen molar-refractivity contribution in [2.24, 2.45) is 0 Å². The van der Waals surface area contributed by atoms with E-state index in [-0.39, 0.29) is 22.9 Å². The maximum atomic E-state index is 14.9. The maximum absolute atomic E-state index is 14.9. The summed E-state index contributed by atoms with van der Waals surface area (Å²) in [5.41, 5.74) is 4.03. The number of nitrogens with zero attached hydrogens (tertiary/aromatic N) is 1. The Morgan fingerprint density at radius 1 is 1.03 bits per heavy atom. The second-order valence-corrected chi connectivity index (χ2v) is 8.17. The Bertz CT molecular complexity index is 1210. The fraction of sp³-hybridized carbons (Fsp3) is 0.304. The van der Waals surface area contributed by atoms with Gasteiger partial charge in [-0.25, -0.2) is 13.2 Å². The zero-order valence-electron chi connectivity index (χ0n) is 17.4. The van der Waals surface area contributed by atoms with E-state index in [2.05, 4.69) is 15.9 Å². The van der Waals surface area contributed by atoms with Gasteiger partial charge in [0.2, 0.25) is 5.91 Å². The van der Waals surface area contributed by atoms with E-state index in [1.807, 2.05) is 0 Å². The molecule has 0 fully saturated rings. The molecule has 2 N–H and O–H groups in total. The predicted molar refractivity (Wildman–Crippen MR) is 122 cm³/mol. The first-order valence-electron chi connectivity index (χ1n) is 10.1. The van der Waals surface area contributed by atoms with Crippen molar-refractivity contribution in [3.8, 4) is 11.3 Å². The van der Waals surface area contributed by atoms with Crippen LogP contribution in [0.1, 0.15) is 32.6 Å². The Morgan fingerprint density at radius 2 is 1.75 bits per heavy atom. The number of amides is 1. The Balaban J connectivity index is 1.94. The lowest BCUT2D eigenvalue weighted by Gasteiger charge is -2.22. The molecule has 32 heavy (non-hydrogen) atoms. The van der Waals surface area contributed by atoms with Gasteiger partial charge in [0.05, 0.1) is 16.8 Å². The van der Waals surface area contributed by atoms with Crippen LogP contribution >= 0.6 is 15.9 Å². The summed E-state index contributed by atoms with van der Waals surface area (Å²) in [6.07, 6.45) is 3.67. The topological polar surface area (TPSA) is 76.5 Å². The normalized spacial score (nSPS) is 11.2. The molecule has 1 heterocycles. The number of carbonyl (C=O) groups is 1. The first-order valence-corrected chi connectivity index (χ1v) is 11.2. The Morgan fingerprint density at radius 3 is 2.41 bits per heavy atom. The monoisotopic (exact) mass is 510 g/mol. The molecule has 0 aliphatic carbocycles. The van der Waals surface area contributed by atoms with Crippen LogP contribution in [0.2, 0.25) is 0 Å². The summed E-state index contributed by atoms with van der Waals surface area (Å²) in [7, 11) is 0. The zero-order chi connectivity index (χ0) is 23.4. The number of rotatable bonds is 8. The van der Waals surface area contributed by atoms with E-state index >= 15 is 0 Å². The largest absolute Gasteiger partial charge is 0.453 e. The van der Waals surface area contributed by atoms with Gasteiger partial charge in [-0.15, -0.1) is 0 Å². The van der Waals surface area contributed by atoms with E-state index in [9.17, 15) is 22.8 Å². The van der Waals surface area contributed by atoms with Crippen molar-refractivity contribution >= 4 is 44.2 Å². The summed E-state index contributed by atoms with van der Waals surface area (Å²) in [6, 6.07) is 5.50. The van der Waals surface area contributed by atoms with Crippen LogP contribution in [0.25, 0.3) is 22.3 Å². The number of benzene rings is 2. The highest BCUT2D eigenvalue weighted by Gasteiger charge is 2.20. The molecule has 3 rings (SSSR count). The number of hydrogen-bond donors (Lipinski definition) is 1. The highest BCUT2D eigenvalue weighted by Crippen LogP contribution is 2.31. The van der Waals surface area contributed by atoms with Crippen molar-refractivity contribution < 1.29 is 22.4 Å². The van der Waals surface area contributed by atoms with E-state index in [0.717, 1.165) is 43.1 Å². The van der Waals surface area contributed by atoms with Crippen molar-refractivity contribution in [3.63, 3.8) is 0 Å². The summed E-state index contributed by atoms with van der Waals surface area (Å²) < 4.78 is 48.2. The van der Waals surface area contributed by atoms with Crippen molar-refractivity contribution in [2.75, 3.05) is 22.5 Å². The molecule has 1 amide bonds. The van der Waals surface area contributed by atoms with Gasteiger partial charge in [-0.3, -0.25) is 9.59 Å². The Kier molecular flexibility index (Phi) is 7.60. The second kappa shape index (κ2) is 10.2. The molecule has 0 aliphatic heterocycles. The van der Waals surface area contributed by atoms with Gasteiger partial charge in [-0.05, 0) is 31.0 Å². The number of carbonyl (C=O) groups excluding carboxylic acids is 1.